The van der Waals surface area contributed by atoms with E-state index in [1.165, 1.54) is 0 Å². The van der Waals surface area contributed by atoms with Gasteiger partial charge in [0.05, 0.1) is 25.3 Å². The quantitative estimate of drug-likeness (QED) is 0.0760. The fourth-order valence-electron chi connectivity index (χ4n) is 5.07. The van der Waals surface area contributed by atoms with E-state index in [9.17, 15) is 19.5 Å². The number of phenolic OH excluding ortho intramolecular Hbond substituents is 1. The van der Waals surface area contributed by atoms with Gasteiger partial charge in [-0.05, 0) is 51.1 Å². The SMILES string of the molecule is CN(C)[C@H](CNC(=O)NCC/C(N)=C/NCCOCCNC(=O)CCCC[C@H]1SC[C@@H]2NC(=O)N[C@@H]21)Cc1ccc(O)cc1. The average Bonchev–Trinajstić information content (AvgIpc) is 3.54. The van der Waals surface area contributed by atoms with Gasteiger partial charge in [-0.3, -0.25) is 4.79 Å². The molecule has 5 amide bonds. The number of benzene rings is 1. The summed E-state index contributed by atoms with van der Waals surface area (Å²) in [6, 6.07) is 7.35. The Balaban J connectivity index is 1.12. The van der Waals surface area contributed by atoms with Crippen molar-refractivity contribution in [2.24, 2.45) is 5.73 Å². The lowest BCUT2D eigenvalue weighted by molar-refractivity contribution is -0.121. The van der Waals surface area contributed by atoms with E-state index in [2.05, 4.69) is 36.8 Å². The Morgan fingerprint density at radius 2 is 1.86 bits per heavy atom. The zero-order valence-corrected chi connectivity index (χ0v) is 26.7. The molecule has 0 saturated carbocycles. The van der Waals surface area contributed by atoms with E-state index in [4.69, 9.17) is 10.5 Å². The number of ether oxygens (including phenoxy) is 1. The monoisotopic (exact) mass is 634 g/mol. The van der Waals surface area contributed by atoms with Crippen molar-refractivity contribution in [3.8, 4) is 5.75 Å². The van der Waals surface area contributed by atoms with E-state index in [0.717, 1.165) is 37.0 Å². The lowest BCUT2D eigenvalue weighted by Gasteiger charge is -2.25. The van der Waals surface area contributed by atoms with Gasteiger partial charge in [-0.1, -0.05) is 18.6 Å². The number of hydrogen-bond acceptors (Lipinski definition) is 9. The molecule has 246 valence electrons. The maximum atomic E-state index is 12.2. The maximum absolute atomic E-state index is 12.2. The second-order valence-corrected chi connectivity index (χ2v) is 12.7. The van der Waals surface area contributed by atoms with Gasteiger partial charge >= 0.3 is 12.1 Å². The largest absolute Gasteiger partial charge is 0.508 e. The molecular weight excluding hydrogens is 584 g/mol. The number of aromatic hydroxyl groups is 1. The number of nitrogens with zero attached hydrogens (tertiary/aromatic N) is 1. The summed E-state index contributed by atoms with van der Waals surface area (Å²) in [6.45, 7) is 2.85. The Morgan fingerprint density at radius 1 is 1.09 bits per heavy atom. The molecule has 3 rings (SSSR count). The molecule has 0 unspecified atom stereocenters. The predicted octanol–water partition coefficient (Wildman–Crippen LogP) is 0.803. The van der Waals surface area contributed by atoms with Gasteiger partial charge in [0.2, 0.25) is 5.91 Å². The number of nitrogens with two attached hydrogens (primary N) is 1. The summed E-state index contributed by atoms with van der Waals surface area (Å²) in [5.41, 5.74) is 7.72. The van der Waals surface area contributed by atoms with Crippen LogP contribution in [0.1, 0.15) is 37.7 Å². The molecule has 0 aliphatic carbocycles. The second kappa shape index (κ2) is 19.1. The first-order valence-electron chi connectivity index (χ1n) is 15.4. The number of amides is 5. The molecule has 2 aliphatic heterocycles. The molecule has 0 aromatic heterocycles. The summed E-state index contributed by atoms with van der Waals surface area (Å²) < 4.78 is 5.56. The number of fused-ring (bicyclic) bond motifs is 1. The van der Waals surface area contributed by atoms with Gasteiger partial charge in [-0.2, -0.15) is 11.8 Å². The van der Waals surface area contributed by atoms with E-state index in [1.807, 2.05) is 38.0 Å². The van der Waals surface area contributed by atoms with Crippen molar-refractivity contribution >= 4 is 29.7 Å². The van der Waals surface area contributed by atoms with Crippen molar-refractivity contribution in [3.05, 3.63) is 41.7 Å². The molecule has 2 aliphatic rings. The number of unbranched alkanes of at least 4 members (excludes halogenated alkanes) is 1. The highest BCUT2D eigenvalue weighted by Gasteiger charge is 2.42. The Morgan fingerprint density at radius 3 is 2.64 bits per heavy atom. The minimum atomic E-state index is -0.247. The third-order valence-corrected chi connectivity index (χ3v) is 9.17. The summed E-state index contributed by atoms with van der Waals surface area (Å²) >= 11 is 1.90. The number of nitrogens with one attached hydrogen (secondary N) is 6. The summed E-state index contributed by atoms with van der Waals surface area (Å²) in [7, 11) is 3.94. The Hall–Kier alpha value is -3.36. The predicted molar refractivity (Wildman–Crippen MR) is 173 cm³/mol. The summed E-state index contributed by atoms with van der Waals surface area (Å²) in [6.07, 6.45) is 6.26. The van der Waals surface area contributed by atoms with E-state index in [0.29, 0.717) is 63.2 Å². The molecule has 0 bridgehead atoms. The van der Waals surface area contributed by atoms with Crippen LogP contribution in [0.15, 0.2) is 36.2 Å². The number of urea groups is 2. The van der Waals surface area contributed by atoms with Crippen LogP contribution >= 0.6 is 11.8 Å². The normalized spacial score (nSPS) is 20.0. The number of likely N-dealkylation sites (N-methyl/N-ethyl adjacent to an activating group) is 1. The molecule has 2 heterocycles. The van der Waals surface area contributed by atoms with Crippen LogP contribution in [-0.4, -0.2) is 111 Å². The van der Waals surface area contributed by atoms with Gasteiger partial charge in [-0.15, -0.1) is 0 Å². The fourth-order valence-corrected chi connectivity index (χ4v) is 6.61. The molecule has 2 saturated heterocycles. The van der Waals surface area contributed by atoms with Gasteiger partial charge in [-0.25, -0.2) is 9.59 Å². The van der Waals surface area contributed by atoms with Gasteiger partial charge in [0.25, 0.3) is 0 Å². The smallest absolute Gasteiger partial charge is 0.315 e. The standard InChI is InChI=1S/C30H50N8O5S/c1-38(2)23(17-21-7-9-24(39)10-8-21)19-35-29(41)34-12-11-22(31)18-32-13-15-43-16-14-33-27(40)6-4-3-5-26-28-25(20-44-26)36-30(42)37-28/h7-10,18,23,25-26,28,32,39H,3-6,11-17,19-20,31H2,1-2H3,(H,33,40)(H2,34,35,41)(H2,36,37,42)/b22-18-/t23-,25-,26+,28-/m0/s1. The number of phenols is 1. The first-order chi connectivity index (χ1) is 21.2. The number of carbonyl (C=O) groups excluding carboxylic acids is 3. The second-order valence-electron chi connectivity index (χ2n) is 11.4. The van der Waals surface area contributed by atoms with E-state index < -0.39 is 0 Å². The van der Waals surface area contributed by atoms with Crippen LogP contribution in [-0.2, 0) is 16.0 Å². The maximum Gasteiger partial charge on any atom is 0.315 e. The van der Waals surface area contributed by atoms with Gasteiger partial charge in [0, 0.05) is 68.0 Å². The Kier molecular flexibility index (Phi) is 15.3. The first kappa shape index (κ1) is 35.1. The number of hydrogen-bond donors (Lipinski definition) is 8. The average molecular weight is 635 g/mol. The molecule has 1 aromatic carbocycles. The van der Waals surface area contributed by atoms with Gasteiger partial charge in [0.15, 0.2) is 0 Å². The first-order valence-corrected chi connectivity index (χ1v) is 16.4. The highest BCUT2D eigenvalue weighted by molar-refractivity contribution is 8.00. The van der Waals surface area contributed by atoms with Gasteiger partial charge in [0.1, 0.15) is 5.75 Å². The van der Waals surface area contributed by atoms with Gasteiger partial charge < -0.3 is 52.4 Å². The van der Waals surface area contributed by atoms with Crippen molar-refractivity contribution < 1.29 is 24.2 Å². The summed E-state index contributed by atoms with van der Waals surface area (Å²) in [5.74, 6) is 1.22. The number of thioether (sulfide) groups is 1. The summed E-state index contributed by atoms with van der Waals surface area (Å²) in [4.78, 5) is 37.8. The molecule has 14 heteroatoms. The molecule has 0 radical (unpaired) electrons. The fraction of sp³-hybridized carbons (Fsp3) is 0.633. The van der Waals surface area contributed by atoms with Crippen LogP contribution in [0.3, 0.4) is 0 Å². The molecule has 2 fully saturated rings. The highest BCUT2D eigenvalue weighted by Crippen LogP contribution is 2.33. The number of rotatable bonds is 20. The molecule has 4 atom stereocenters. The van der Waals surface area contributed by atoms with Crippen molar-refractivity contribution in [3.63, 3.8) is 0 Å². The van der Waals surface area contributed by atoms with Crippen molar-refractivity contribution in [1.29, 1.82) is 0 Å². The van der Waals surface area contributed by atoms with Crippen LogP contribution in [0.25, 0.3) is 0 Å². The van der Waals surface area contributed by atoms with E-state index in [-0.39, 0.29) is 41.8 Å². The molecule has 0 spiro atoms. The zero-order chi connectivity index (χ0) is 31.7. The number of carbonyl (C=O) groups is 3. The van der Waals surface area contributed by atoms with Crippen LogP contribution < -0.4 is 37.6 Å². The minimum absolute atomic E-state index is 0.0316. The van der Waals surface area contributed by atoms with Crippen LogP contribution in [0.4, 0.5) is 9.59 Å². The molecule has 9 N–H and O–H groups in total. The zero-order valence-electron chi connectivity index (χ0n) is 25.9. The van der Waals surface area contributed by atoms with E-state index in [1.54, 1.807) is 18.3 Å². The molecular formula is C30H50N8O5S. The molecule has 1 aromatic rings. The van der Waals surface area contributed by atoms with E-state index >= 15 is 0 Å². The molecule has 13 nitrogen and oxygen atoms in total. The molecule has 44 heavy (non-hydrogen) atoms. The minimum Gasteiger partial charge on any atom is -0.508 e. The lowest BCUT2D eigenvalue weighted by Crippen LogP contribution is -2.45. The summed E-state index contributed by atoms with van der Waals surface area (Å²) in [5, 5.41) is 27.6. The third-order valence-electron chi connectivity index (χ3n) is 7.66. The highest BCUT2D eigenvalue weighted by atomic mass is 32.2. The topological polar surface area (TPSA) is 182 Å². The van der Waals surface area contributed by atoms with Crippen LogP contribution in [0.2, 0.25) is 0 Å². The third kappa shape index (κ3) is 13.1. The Labute approximate surface area is 264 Å². The lowest BCUT2D eigenvalue weighted by atomic mass is 10.0. The van der Waals surface area contributed by atoms with Crippen LogP contribution in [0, 0.1) is 0 Å². The van der Waals surface area contributed by atoms with Crippen molar-refractivity contribution in [1.82, 2.24) is 36.8 Å². The van der Waals surface area contributed by atoms with Crippen LogP contribution in [0.5, 0.6) is 5.75 Å². The Bertz CT molecular complexity index is 1070. The van der Waals surface area contributed by atoms with Crippen molar-refractivity contribution in [2.75, 3.05) is 59.2 Å². The van der Waals surface area contributed by atoms with Crippen molar-refractivity contribution in [2.45, 2.75) is 61.9 Å².